The van der Waals surface area contributed by atoms with Gasteiger partial charge in [-0.25, -0.2) is 0 Å². The summed E-state index contributed by atoms with van der Waals surface area (Å²) in [5.74, 6) is -0.0289. The number of morpholine rings is 1. The SMILES string of the molecule is CC1CNC2(CCCC2)C(=O)O1. The number of rotatable bonds is 0. The summed E-state index contributed by atoms with van der Waals surface area (Å²) >= 11 is 0. The third-order valence-corrected chi connectivity index (χ3v) is 2.88. The third-order valence-electron chi connectivity index (χ3n) is 2.88. The zero-order chi connectivity index (χ0) is 8.60. The van der Waals surface area contributed by atoms with Crippen molar-refractivity contribution in [2.75, 3.05) is 6.54 Å². The molecular weight excluding hydrogens is 154 g/mol. The molecular formula is C9H15NO2. The second kappa shape index (κ2) is 2.73. The van der Waals surface area contributed by atoms with E-state index in [9.17, 15) is 4.79 Å². The Morgan fingerprint density at radius 3 is 2.75 bits per heavy atom. The fourth-order valence-corrected chi connectivity index (χ4v) is 2.11. The molecule has 0 aromatic rings. The van der Waals surface area contributed by atoms with Gasteiger partial charge in [0.05, 0.1) is 0 Å². The first-order chi connectivity index (χ1) is 5.73. The summed E-state index contributed by atoms with van der Waals surface area (Å²) < 4.78 is 5.22. The highest BCUT2D eigenvalue weighted by Gasteiger charge is 2.45. The molecule has 3 heteroatoms. The van der Waals surface area contributed by atoms with Crippen LogP contribution in [0.15, 0.2) is 0 Å². The van der Waals surface area contributed by atoms with Crippen molar-refractivity contribution in [3.63, 3.8) is 0 Å². The molecule has 0 aromatic carbocycles. The van der Waals surface area contributed by atoms with Crippen molar-refractivity contribution in [3.05, 3.63) is 0 Å². The molecule has 2 aliphatic rings. The Balaban J connectivity index is 2.11. The molecule has 1 unspecified atom stereocenters. The van der Waals surface area contributed by atoms with Gasteiger partial charge >= 0.3 is 5.97 Å². The van der Waals surface area contributed by atoms with Gasteiger partial charge in [0.1, 0.15) is 11.6 Å². The van der Waals surface area contributed by atoms with E-state index in [0.29, 0.717) is 0 Å². The van der Waals surface area contributed by atoms with E-state index in [1.807, 2.05) is 6.92 Å². The van der Waals surface area contributed by atoms with Gasteiger partial charge in [0, 0.05) is 6.54 Å². The minimum Gasteiger partial charge on any atom is -0.460 e. The molecule has 0 aromatic heterocycles. The maximum Gasteiger partial charge on any atom is 0.326 e. The van der Waals surface area contributed by atoms with E-state index in [1.54, 1.807) is 0 Å². The number of esters is 1. The summed E-state index contributed by atoms with van der Waals surface area (Å²) in [7, 11) is 0. The second-order valence-electron chi connectivity index (χ2n) is 3.89. The van der Waals surface area contributed by atoms with Gasteiger partial charge in [0.25, 0.3) is 0 Å². The van der Waals surface area contributed by atoms with E-state index in [4.69, 9.17) is 4.74 Å². The van der Waals surface area contributed by atoms with E-state index in [-0.39, 0.29) is 17.6 Å². The Bertz CT molecular complexity index is 197. The largest absolute Gasteiger partial charge is 0.460 e. The zero-order valence-electron chi connectivity index (χ0n) is 7.43. The lowest BCUT2D eigenvalue weighted by molar-refractivity contribution is -0.162. The predicted octanol–water partition coefficient (Wildman–Crippen LogP) is 0.834. The van der Waals surface area contributed by atoms with Crippen molar-refractivity contribution in [1.82, 2.24) is 5.32 Å². The van der Waals surface area contributed by atoms with Crippen LogP contribution in [0, 0.1) is 0 Å². The number of ether oxygens (including phenoxy) is 1. The molecule has 2 rings (SSSR count). The Morgan fingerprint density at radius 1 is 1.50 bits per heavy atom. The summed E-state index contributed by atoms with van der Waals surface area (Å²) in [6.07, 6.45) is 4.26. The van der Waals surface area contributed by atoms with E-state index in [1.165, 1.54) is 0 Å². The van der Waals surface area contributed by atoms with Crippen LogP contribution in [0.2, 0.25) is 0 Å². The molecule has 68 valence electrons. The average Bonchev–Trinajstić information content (AvgIpc) is 2.48. The highest BCUT2D eigenvalue weighted by Crippen LogP contribution is 2.32. The minimum atomic E-state index is -0.299. The summed E-state index contributed by atoms with van der Waals surface area (Å²) in [5, 5.41) is 3.32. The van der Waals surface area contributed by atoms with Crippen LogP contribution in [0.3, 0.4) is 0 Å². The van der Waals surface area contributed by atoms with Crippen LogP contribution in [-0.4, -0.2) is 24.2 Å². The van der Waals surface area contributed by atoms with E-state index in [0.717, 1.165) is 32.2 Å². The number of nitrogens with one attached hydrogen (secondary N) is 1. The van der Waals surface area contributed by atoms with Gasteiger partial charge in [0.15, 0.2) is 0 Å². The van der Waals surface area contributed by atoms with Crippen LogP contribution in [-0.2, 0) is 9.53 Å². The molecule has 0 radical (unpaired) electrons. The first-order valence-electron chi connectivity index (χ1n) is 4.69. The molecule has 3 nitrogen and oxygen atoms in total. The molecule has 0 amide bonds. The fraction of sp³-hybridized carbons (Fsp3) is 0.889. The number of carbonyl (C=O) groups is 1. The second-order valence-corrected chi connectivity index (χ2v) is 3.89. The highest BCUT2D eigenvalue weighted by atomic mass is 16.5. The van der Waals surface area contributed by atoms with Gasteiger partial charge in [-0.05, 0) is 19.8 Å². The standard InChI is InChI=1S/C9H15NO2/c1-7-6-10-9(8(11)12-7)4-2-3-5-9/h7,10H,2-6H2,1H3. The summed E-state index contributed by atoms with van der Waals surface area (Å²) in [5.41, 5.74) is -0.299. The Labute approximate surface area is 72.5 Å². The maximum atomic E-state index is 11.5. The summed E-state index contributed by atoms with van der Waals surface area (Å²) in [6.45, 7) is 2.73. The third kappa shape index (κ3) is 1.12. The molecule has 1 aliphatic carbocycles. The lowest BCUT2D eigenvalue weighted by atomic mass is 9.96. The van der Waals surface area contributed by atoms with Crippen molar-refractivity contribution < 1.29 is 9.53 Å². The number of carbonyl (C=O) groups excluding carboxylic acids is 1. The zero-order valence-corrected chi connectivity index (χ0v) is 7.43. The molecule has 12 heavy (non-hydrogen) atoms. The van der Waals surface area contributed by atoms with Crippen molar-refractivity contribution in [1.29, 1.82) is 0 Å². The molecule has 1 saturated carbocycles. The summed E-state index contributed by atoms with van der Waals surface area (Å²) in [4.78, 5) is 11.5. The Kier molecular flexibility index (Phi) is 1.83. The minimum absolute atomic E-state index is 0.0289. The number of hydrogen-bond acceptors (Lipinski definition) is 3. The monoisotopic (exact) mass is 169 g/mol. The lowest BCUT2D eigenvalue weighted by Crippen LogP contribution is -2.58. The van der Waals surface area contributed by atoms with E-state index >= 15 is 0 Å². The average molecular weight is 169 g/mol. The summed E-state index contributed by atoms with van der Waals surface area (Å²) in [6, 6.07) is 0. The molecule has 1 saturated heterocycles. The Hall–Kier alpha value is -0.570. The molecule has 1 spiro atoms. The van der Waals surface area contributed by atoms with Gasteiger partial charge in [-0.3, -0.25) is 10.1 Å². The fourth-order valence-electron chi connectivity index (χ4n) is 2.11. The molecule has 1 atom stereocenters. The molecule has 1 aliphatic heterocycles. The van der Waals surface area contributed by atoms with E-state index < -0.39 is 0 Å². The van der Waals surface area contributed by atoms with Crippen molar-refractivity contribution >= 4 is 5.97 Å². The quantitative estimate of drug-likeness (QED) is 0.546. The van der Waals surface area contributed by atoms with Gasteiger partial charge in [-0.2, -0.15) is 0 Å². The van der Waals surface area contributed by atoms with Gasteiger partial charge in [-0.15, -0.1) is 0 Å². The predicted molar refractivity (Wildman–Crippen MR) is 44.8 cm³/mol. The van der Waals surface area contributed by atoms with Crippen LogP contribution >= 0.6 is 0 Å². The molecule has 1 heterocycles. The molecule has 0 bridgehead atoms. The van der Waals surface area contributed by atoms with Crippen LogP contribution in [0.25, 0.3) is 0 Å². The van der Waals surface area contributed by atoms with Crippen molar-refractivity contribution in [2.24, 2.45) is 0 Å². The lowest BCUT2D eigenvalue weighted by Gasteiger charge is -2.35. The first kappa shape index (κ1) is 8.05. The Morgan fingerprint density at radius 2 is 2.17 bits per heavy atom. The van der Waals surface area contributed by atoms with Crippen LogP contribution in [0.4, 0.5) is 0 Å². The topological polar surface area (TPSA) is 38.3 Å². The molecule has 2 fully saturated rings. The molecule has 1 N–H and O–H groups in total. The highest BCUT2D eigenvalue weighted by molar-refractivity contribution is 5.82. The van der Waals surface area contributed by atoms with E-state index in [2.05, 4.69) is 5.32 Å². The van der Waals surface area contributed by atoms with Crippen LogP contribution in [0.5, 0.6) is 0 Å². The van der Waals surface area contributed by atoms with Gasteiger partial charge < -0.3 is 4.74 Å². The smallest absolute Gasteiger partial charge is 0.326 e. The van der Waals surface area contributed by atoms with Crippen LogP contribution in [0.1, 0.15) is 32.6 Å². The van der Waals surface area contributed by atoms with Crippen LogP contribution < -0.4 is 5.32 Å². The normalized spacial score (nSPS) is 33.8. The first-order valence-corrected chi connectivity index (χ1v) is 4.69. The van der Waals surface area contributed by atoms with Crippen molar-refractivity contribution in [2.45, 2.75) is 44.2 Å². The van der Waals surface area contributed by atoms with Crippen molar-refractivity contribution in [3.8, 4) is 0 Å². The number of cyclic esters (lactones) is 1. The van der Waals surface area contributed by atoms with Gasteiger partial charge in [-0.1, -0.05) is 12.8 Å². The van der Waals surface area contributed by atoms with Gasteiger partial charge in [0.2, 0.25) is 0 Å². The maximum absolute atomic E-state index is 11.5. The number of hydrogen-bond donors (Lipinski definition) is 1.